The third-order valence-corrected chi connectivity index (χ3v) is 3.26. The highest BCUT2D eigenvalue weighted by Crippen LogP contribution is 2.22. The quantitative estimate of drug-likeness (QED) is 0.700. The molecule has 4 N–H and O–H groups in total. The smallest absolute Gasteiger partial charge is 0.326 e. The van der Waals surface area contributed by atoms with E-state index in [0.717, 1.165) is 5.56 Å². The number of benzene rings is 1. The molecule has 0 radical (unpaired) electrons. The first kappa shape index (κ1) is 17.3. The number of aliphatic carboxylic acids is 1. The lowest BCUT2D eigenvalue weighted by Crippen LogP contribution is -2.43. The van der Waals surface area contributed by atoms with Gasteiger partial charge >= 0.3 is 5.97 Å². The summed E-state index contributed by atoms with van der Waals surface area (Å²) in [6.07, 6.45) is -0.0998. The summed E-state index contributed by atoms with van der Waals surface area (Å²) in [5.41, 5.74) is 5.64. The Morgan fingerprint density at radius 3 is 2.48 bits per heavy atom. The predicted molar refractivity (Wildman–Crippen MR) is 78.2 cm³/mol. The molecule has 0 fully saturated rings. The van der Waals surface area contributed by atoms with Crippen LogP contribution in [-0.2, 0) is 20.8 Å². The van der Waals surface area contributed by atoms with Crippen molar-refractivity contribution >= 4 is 41.0 Å². The zero-order valence-electron chi connectivity index (χ0n) is 10.9. The Bertz CT molecular complexity index is 563. The van der Waals surface area contributed by atoms with Gasteiger partial charge in [0.2, 0.25) is 11.8 Å². The Kier molecular flexibility index (Phi) is 6.45. The molecule has 0 saturated heterocycles. The van der Waals surface area contributed by atoms with Crippen molar-refractivity contribution in [2.75, 3.05) is 0 Å². The van der Waals surface area contributed by atoms with E-state index in [-0.39, 0.29) is 6.42 Å². The summed E-state index contributed by atoms with van der Waals surface area (Å²) in [6.45, 7) is 0. The van der Waals surface area contributed by atoms with E-state index in [1.54, 1.807) is 18.2 Å². The van der Waals surface area contributed by atoms with Crippen LogP contribution in [0.5, 0.6) is 0 Å². The largest absolute Gasteiger partial charge is 0.480 e. The number of halogens is 2. The number of hydrogen-bond donors (Lipinski definition) is 3. The van der Waals surface area contributed by atoms with E-state index in [1.807, 2.05) is 0 Å². The fourth-order valence-corrected chi connectivity index (χ4v) is 2.14. The average molecular weight is 333 g/mol. The van der Waals surface area contributed by atoms with E-state index in [0.29, 0.717) is 16.5 Å². The number of nitrogens with two attached hydrogens (primary N) is 1. The molecule has 6 nitrogen and oxygen atoms in total. The van der Waals surface area contributed by atoms with Crippen LogP contribution in [0.4, 0.5) is 0 Å². The van der Waals surface area contributed by atoms with Gasteiger partial charge in [0.1, 0.15) is 6.04 Å². The van der Waals surface area contributed by atoms with Gasteiger partial charge in [-0.2, -0.15) is 0 Å². The van der Waals surface area contributed by atoms with E-state index < -0.39 is 30.2 Å². The van der Waals surface area contributed by atoms with Gasteiger partial charge in [0, 0.05) is 16.5 Å². The summed E-state index contributed by atoms with van der Waals surface area (Å²) in [4.78, 5) is 33.3. The molecule has 0 spiro atoms. The molecule has 0 bridgehead atoms. The number of aryl methyl sites for hydroxylation is 1. The molecule has 1 atom stereocenters. The Labute approximate surface area is 131 Å². The molecule has 0 heterocycles. The van der Waals surface area contributed by atoms with Gasteiger partial charge in [0.25, 0.3) is 0 Å². The molecular formula is C13H14Cl2N2O4. The number of carbonyl (C=O) groups is 3. The number of carbonyl (C=O) groups excluding carboxylic acids is 2. The van der Waals surface area contributed by atoms with Gasteiger partial charge in [-0.05, 0) is 24.1 Å². The fourth-order valence-electron chi connectivity index (χ4n) is 1.64. The lowest BCUT2D eigenvalue weighted by atomic mass is 10.1. The van der Waals surface area contributed by atoms with Crippen LogP contribution < -0.4 is 11.1 Å². The van der Waals surface area contributed by atoms with Crippen molar-refractivity contribution in [3.8, 4) is 0 Å². The number of nitrogens with one attached hydrogen (secondary N) is 1. The van der Waals surface area contributed by atoms with E-state index in [9.17, 15) is 14.4 Å². The molecule has 1 aromatic carbocycles. The first-order valence-corrected chi connectivity index (χ1v) is 6.79. The SMILES string of the molecule is NC(=O)C[C@@H](NC(=O)CCc1ccc(Cl)cc1Cl)C(=O)O. The molecule has 0 aliphatic rings. The zero-order valence-corrected chi connectivity index (χ0v) is 12.4. The second-order valence-corrected chi connectivity index (χ2v) is 5.21. The second-order valence-electron chi connectivity index (χ2n) is 4.36. The highest BCUT2D eigenvalue weighted by molar-refractivity contribution is 6.35. The molecule has 1 aromatic rings. The number of primary amides is 1. The highest BCUT2D eigenvalue weighted by Gasteiger charge is 2.21. The minimum atomic E-state index is -1.32. The van der Waals surface area contributed by atoms with Gasteiger partial charge in [0.05, 0.1) is 6.42 Å². The number of hydrogen-bond acceptors (Lipinski definition) is 3. The van der Waals surface area contributed by atoms with Crippen LogP contribution in [0.3, 0.4) is 0 Å². The van der Waals surface area contributed by atoms with Crippen LogP contribution in [0.1, 0.15) is 18.4 Å². The maximum Gasteiger partial charge on any atom is 0.326 e. The minimum Gasteiger partial charge on any atom is -0.480 e. The highest BCUT2D eigenvalue weighted by atomic mass is 35.5. The van der Waals surface area contributed by atoms with Crippen LogP contribution in [0.25, 0.3) is 0 Å². The summed E-state index contributed by atoms with van der Waals surface area (Å²) in [5, 5.41) is 12.0. The average Bonchev–Trinajstić information content (AvgIpc) is 2.36. The van der Waals surface area contributed by atoms with Gasteiger partial charge in [0.15, 0.2) is 0 Å². The van der Waals surface area contributed by atoms with Crippen LogP contribution in [-0.4, -0.2) is 28.9 Å². The molecule has 114 valence electrons. The third-order valence-electron chi connectivity index (χ3n) is 2.68. The molecule has 0 aromatic heterocycles. The number of carboxylic acid groups (broad SMARTS) is 1. The first-order valence-electron chi connectivity index (χ1n) is 6.04. The van der Waals surface area contributed by atoms with Crippen molar-refractivity contribution < 1.29 is 19.5 Å². The number of amides is 2. The molecule has 2 amide bonds. The van der Waals surface area contributed by atoms with E-state index in [2.05, 4.69) is 5.32 Å². The molecule has 0 aliphatic carbocycles. The zero-order chi connectivity index (χ0) is 16.0. The fraction of sp³-hybridized carbons (Fsp3) is 0.308. The predicted octanol–water partition coefficient (Wildman–Crippen LogP) is 1.37. The maximum absolute atomic E-state index is 11.7. The molecule has 0 saturated carbocycles. The normalized spacial score (nSPS) is 11.7. The van der Waals surface area contributed by atoms with Crippen molar-refractivity contribution in [3.63, 3.8) is 0 Å². The summed E-state index contributed by atoms with van der Waals surface area (Å²) in [5.74, 6) is -2.62. The van der Waals surface area contributed by atoms with Gasteiger partial charge in [-0.3, -0.25) is 9.59 Å². The van der Waals surface area contributed by atoms with Crippen molar-refractivity contribution in [1.29, 1.82) is 0 Å². The summed E-state index contributed by atoms with van der Waals surface area (Å²) < 4.78 is 0. The lowest BCUT2D eigenvalue weighted by molar-refractivity contribution is -0.143. The van der Waals surface area contributed by atoms with Gasteiger partial charge in [-0.25, -0.2) is 4.79 Å². The Balaban J connectivity index is 2.56. The van der Waals surface area contributed by atoms with E-state index >= 15 is 0 Å². The Morgan fingerprint density at radius 2 is 1.95 bits per heavy atom. The minimum absolute atomic E-state index is 0.0316. The summed E-state index contributed by atoms with van der Waals surface area (Å²) >= 11 is 11.7. The molecule has 0 unspecified atom stereocenters. The number of carboxylic acids is 1. The van der Waals surface area contributed by atoms with Crippen molar-refractivity contribution in [2.45, 2.75) is 25.3 Å². The van der Waals surface area contributed by atoms with Crippen molar-refractivity contribution in [3.05, 3.63) is 33.8 Å². The lowest BCUT2D eigenvalue weighted by Gasteiger charge is -2.13. The van der Waals surface area contributed by atoms with Crippen LogP contribution in [0.15, 0.2) is 18.2 Å². The Hall–Kier alpha value is -1.79. The van der Waals surface area contributed by atoms with E-state index in [1.165, 1.54) is 0 Å². The van der Waals surface area contributed by atoms with Gasteiger partial charge < -0.3 is 16.2 Å². The second kappa shape index (κ2) is 7.85. The Morgan fingerprint density at radius 1 is 1.29 bits per heavy atom. The molecule has 0 aliphatic heterocycles. The van der Waals surface area contributed by atoms with Crippen molar-refractivity contribution in [2.24, 2.45) is 5.73 Å². The summed E-state index contributed by atoms with van der Waals surface area (Å²) in [6, 6.07) is 3.57. The number of rotatable bonds is 7. The third kappa shape index (κ3) is 6.01. The molecule has 8 heteroatoms. The molecule has 21 heavy (non-hydrogen) atoms. The van der Waals surface area contributed by atoms with Crippen molar-refractivity contribution in [1.82, 2.24) is 5.32 Å². The van der Waals surface area contributed by atoms with Crippen LogP contribution in [0, 0.1) is 0 Å². The van der Waals surface area contributed by atoms with E-state index in [4.69, 9.17) is 34.0 Å². The van der Waals surface area contributed by atoms with Gasteiger partial charge in [-0.15, -0.1) is 0 Å². The monoisotopic (exact) mass is 332 g/mol. The molecular weight excluding hydrogens is 319 g/mol. The topological polar surface area (TPSA) is 109 Å². The van der Waals surface area contributed by atoms with Crippen LogP contribution >= 0.6 is 23.2 Å². The standard InChI is InChI=1S/C13H14Cl2N2O4/c14-8-3-1-7(9(15)5-8)2-4-12(19)17-10(13(20)21)6-11(16)18/h1,3,5,10H,2,4,6H2,(H2,16,18)(H,17,19)(H,20,21)/t10-/m1/s1. The summed E-state index contributed by atoms with van der Waals surface area (Å²) in [7, 11) is 0. The van der Waals surface area contributed by atoms with Gasteiger partial charge in [-0.1, -0.05) is 29.3 Å². The molecule has 1 rings (SSSR count). The first-order chi connectivity index (χ1) is 9.79. The maximum atomic E-state index is 11.7. The van der Waals surface area contributed by atoms with Crippen LogP contribution in [0.2, 0.25) is 10.0 Å².